The van der Waals surface area contributed by atoms with Gasteiger partial charge in [0.2, 0.25) is 0 Å². The van der Waals surface area contributed by atoms with E-state index in [1.807, 2.05) is 0 Å². The van der Waals surface area contributed by atoms with Crippen LogP contribution in [0.25, 0.3) is 0 Å². The standard InChI is InChI=1S/C15H18ClNO6/c1-4-22-14(18)12(15(19)23-5-2)7-10-6-11(17(20)21)8-13(16)9(10)3/h6,8,12H,4-5,7H2,1-3H3. The molecule has 0 aliphatic rings. The predicted molar refractivity (Wildman–Crippen MR) is 83.3 cm³/mol. The molecule has 0 aromatic heterocycles. The molecule has 0 aliphatic heterocycles. The van der Waals surface area contributed by atoms with Crippen LogP contribution in [0, 0.1) is 23.0 Å². The Morgan fingerprint density at radius 2 is 1.74 bits per heavy atom. The van der Waals surface area contributed by atoms with Crippen LogP contribution < -0.4 is 0 Å². The lowest BCUT2D eigenvalue weighted by atomic mass is 9.95. The summed E-state index contributed by atoms with van der Waals surface area (Å²) in [5, 5.41) is 11.1. The van der Waals surface area contributed by atoms with E-state index in [2.05, 4.69) is 0 Å². The van der Waals surface area contributed by atoms with Crippen LogP contribution in [-0.4, -0.2) is 30.1 Å². The molecule has 126 valence electrons. The van der Waals surface area contributed by atoms with Gasteiger partial charge in [0.05, 0.1) is 23.2 Å². The minimum Gasteiger partial charge on any atom is -0.465 e. The van der Waals surface area contributed by atoms with Crippen molar-refractivity contribution >= 4 is 29.2 Å². The van der Waals surface area contributed by atoms with Gasteiger partial charge in [-0.1, -0.05) is 11.6 Å². The number of carbonyl (C=O) groups excluding carboxylic acids is 2. The van der Waals surface area contributed by atoms with Gasteiger partial charge in [0.1, 0.15) is 0 Å². The van der Waals surface area contributed by atoms with Gasteiger partial charge in [-0.3, -0.25) is 19.7 Å². The van der Waals surface area contributed by atoms with Crippen LogP contribution in [-0.2, 0) is 25.5 Å². The molecule has 8 heteroatoms. The molecule has 0 amide bonds. The highest BCUT2D eigenvalue weighted by Crippen LogP contribution is 2.28. The topological polar surface area (TPSA) is 95.7 Å². The monoisotopic (exact) mass is 343 g/mol. The number of benzene rings is 1. The minimum atomic E-state index is -1.19. The summed E-state index contributed by atoms with van der Waals surface area (Å²) in [7, 11) is 0. The van der Waals surface area contributed by atoms with Crippen molar-refractivity contribution in [3.63, 3.8) is 0 Å². The van der Waals surface area contributed by atoms with Crippen LogP contribution in [0.2, 0.25) is 5.02 Å². The van der Waals surface area contributed by atoms with E-state index in [-0.39, 0.29) is 30.3 Å². The summed E-state index contributed by atoms with van der Waals surface area (Å²) in [6.45, 7) is 5.13. The molecule has 0 radical (unpaired) electrons. The van der Waals surface area contributed by atoms with Crippen LogP contribution in [0.5, 0.6) is 0 Å². The first-order chi connectivity index (χ1) is 10.8. The van der Waals surface area contributed by atoms with Crippen molar-refractivity contribution in [1.29, 1.82) is 0 Å². The first-order valence-corrected chi connectivity index (χ1v) is 7.46. The van der Waals surface area contributed by atoms with Crippen molar-refractivity contribution in [3.05, 3.63) is 38.4 Å². The van der Waals surface area contributed by atoms with Crippen molar-refractivity contribution < 1.29 is 24.0 Å². The lowest BCUT2D eigenvalue weighted by molar-refractivity contribution is -0.384. The molecule has 0 spiro atoms. The van der Waals surface area contributed by atoms with E-state index in [9.17, 15) is 19.7 Å². The maximum Gasteiger partial charge on any atom is 0.320 e. The molecule has 0 fully saturated rings. The summed E-state index contributed by atoms with van der Waals surface area (Å²) in [4.78, 5) is 34.3. The number of halogens is 1. The van der Waals surface area contributed by atoms with Gasteiger partial charge in [0, 0.05) is 12.1 Å². The fraction of sp³-hybridized carbons (Fsp3) is 0.467. The van der Waals surface area contributed by atoms with Gasteiger partial charge in [-0.2, -0.15) is 0 Å². The number of nitro benzene ring substituents is 1. The Hall–Kier alpha value is -2.15. The van der Waals surface area contributed by atoms with Crippen molar-refractivity contribution in [3.8, 4) is 0 Å². The maximum absolute atomic E-state index is 12.0. The van der Waals surface area contributed by atoms with E-state index in [4.69, 9.17) is 21.1 Å². The zero-order valence-electron chi connectivity index (χ0n) is 13.1. The lowest BCUT2D eigenvalue weighted by Crippen LogP contribution is -2.30. The normalized spacial score (nSPS) is 10.5. The molecule has 0 bridgehead atoms. The fourth-order valence-electron chi connectivity index (χ4n) is 2.01. The second-order valence-corrected chi connectivity index (χ2v) is 5.14. The summed E-state index contributed by atoms with van der Waals surface area (Å²) in [6, 6.07) is 2.52. The molecular formula is C15H18ClNO6. The molecular weight excluding hydrogens is 326 g/mol. The van der Waals surface area contributed by atoms with Crippen molar-refractivity contribution in [1.82, 2.24) is 0 Å². The number of nitro groups is 1. The average Bonchev–Trinajstić information content (AvgIpc) is 2.48. The molecule has 7 nitrogen and oxygen atoms in total. The van der Waals surface area contributed by atoms with Gasteiger partial charge in [0.25, 0.3) is 5.69 Å². The average molecular weight is 344 g/mol. The number of esters is 2. The molecule has 0 N–H and O–H groups in total. The quantitative estimate of drug-likeness (QED) is 0.327. The molecule has 1 rings (SSSR count). The summed E-state index contributed by atoms with van der Waals surface area (Å²) in [5.41, 5.74) is 0.785. The molecule has 0 heterocycles. The zero-order valence-corrected chi connectivity index (χ0v) is 13.9. The number of non-ortho nitro benzene ring substituents is 1. The molecule has 0 saturated heterocycles. The van der Waals surface area contributed by atoms with Crippen LogP contribution in [0.15, 0.2) is 12.1 Å². The van der Waals surface area contributed by atoms with Crippen LogP contribution in [0.4, 0.5) is 5.69 Å². The Kier molecular flexibility index (Phi) is 6.96. The second kappa shape index (κ2) is 8.47. The molecule has 0 unspecified atom stereocenters. The Labute approximate surface area is 138 Å². The fourth-order valence-corrected chi connectivity index (χ4v) is 2.24. The van der Waals surface area contributed by atoms with Crippen LogP contribution in [0.3, 0.4) is 0 Å². The highest BCUT2D eigenvalue weighted by Gasteiger charge is 2.31. The highest BCUT2D eigenvalue weighted by molar-refractivity contribution is 6.31. The molecule has 0 saturated carbocycles. The molecule has 1 aromatic rings. The summed E-state index contributed by atoms with van der Waals surface area (Å²) in [6.07, 6.45) is -0.0785. The highest BCUT2D eigenvalue weighted by atomic mass is 35.5. The maximum atomic E-state index is 12.0. The van der Waals surface area contributed by atoms with Crippen LogP contribution in [0.1, 0.15) is 25.0 Å². The van der Waals surface area contributed by atoms with Gasteiger partial charge in [-0.15, -0.1) is 0 Å². The Balaban J connectivity index is 3.19. The molecule has 1 aromatic carbocycles. The van der Waals surface area contributed by atoms with E-state index in [1.165, 1.54) is 12.1 Å². The SMILES string of the molecule is CCOC(=O)C(Cc1cc([N+](=O)[O-])cc(Cl)c1C)C(=O)OCC. The molecule has 0 aliphatic carbocycles. The van der Waals surface area contributed by atoms with E-state index in [0.717, 1.165) is 0 Å². The Morgan fingerprint density at radius 1 is 1.22 bits per heavy atom. The first-order valence-electron chi connectivity index (χ1n) is 7.08. The summed E-state index contributed by atoms with van der Waals surface area (Å²) in [5.74, 6) is -2.65. The van der Waals surface area contributed by atoms with Gasteiger partial charge >= 0.3 is 11.9 Å². The first kappa shape index (κ1) is 18.9. The van der Waals surface area contributed by atoms with Crippen LogP contribution >= 0.6 is 11.6 Å². The number of rotatable bonds is 7. The summed E-state index contributed by atoms with van der Waals surface area (Å²) < 4.78 is 9.77. The number of hydrogen-bond acceptors (Lipinski definition) is 6. The third-order valence-electron chi connectivity index (χ3n) is 3.21. The largest absolute Gasteiger partial charge is 0.465 e. The second-order valence-electron chi connectivity index (χ2n) is 4.73. The third kappa shape index (κ3) is 4.92. The van der Waals surface area contributed by atoms with Crippen molar-refractivity contribution in [2.24, 2.45) is 5.92 Å². The number of hydrogen-bond donors (Lipinski definition) is 0. The smallest absolute Gasteiger partial charge is 0.320 e. The Morgan fingerprint density at radius 3 is 2.17 bits per heavy atom. The number of nitrogens with zero attached hydrogens (tertiary/aromatic N) is 1. The van der Waals surface area contributed by atoms with Crippen molar-refractivity contribution in [2.45, 2.75) is 27.2 Å². The van der Waals surface area contributed by atoms with E-state index < -0.39 is 22.8 Å². The Bertz CT molecular complexity index is 598. The van der Waals surface area contributed by atoms with Crippen molar-refractivity contribution in [2.75, 3.05) is 13.2 Å². The molecule has 23 heavy (non-hydrogen) atoms. The third-order valence-corrected chi connectivity index (χ3v) is 3.61. The zero-order chi connectivity index (χ0) is 17.6. The van der Waals surface area contributed by atoms with E-state index in [1.54, 1.807) is 20.8 Å². The summed E-state index contributed by atoms with van der Waals surface area (Å²) >= 11 is 5.99. The van der Waals surface area contributed by atoms with E-state index >= 15 is 0 Å². The lowest BCUT2D eigenvalue weighted by Gasteiger charge is -2.16. The van der Waals surface area contributed by atoms with Gasteiger partial charge < -0.3 is 9.47 Å². The molecule has 0 atom stereocenters. The van der Waals surface area contributed by atoms with E-state index in [0.29, 0.717) is 11.1 Å². The number of ether oxygens (including phenoxy) is 2. The van der Waals surface area contributed by atoms with Gasteiger partial charge in [-0.05, 0) is 38.3 Å². The minimum absolute atomic E-state index is 0.0785. The van der Waals surface area contributed by atoms with Gasteiger partial charge in [0.15, 0.2) is 5.92 Å². The predicted octanol–water partition coefficient (Wildman–Crippen LogP) is 2.84. The number of carbonyl (C=O) groups is 2. The van der Waals surface area contributed by atoms with Gasteiger partial charge in [-0.25, -0.2) is 0 Å².